The number of alkyl carbamates (subject to hydrolysis) is 1. The minimum Gasteiger partial charge on any atom is -0.444 e. The largest absolute Gasteiger partial charge is 0.573 e. The third-order valence-electron chi connectivity index (χ3n) is 4.89. The van der Waals surface area contributed by atoms with Gasteiger partial charge < -0.3 is 25.0 Å². The molecule has 0 saturated carbocycles. The second kappa shape index (κ2) is 10.3. The minimum absolute atomic E-state index is 0.0594. The molecule has 8 nitrogen and oxygen atoms in total. The summed E-state index contributed by atoms with van der Waals surface area (Å²) in [5.41, 5.74) is -0.770. The van der Waals surface area contributed by atoms with Crippen LogP contribution in [0.4, 0.5) is 48.6 Å². The second-order valence-electron chi connectivity index (χ2n) is 9.11. The minimum atomic E-state index is -4.91. The van der Waals surface area contributed by atoms with E-state index in [-0.39, 0.29) is 24.6 Å². The molecule has 0 bridgehead atoms. The number of piperidine rings is 1. The number of aromatic nitrogens is 2. The van der Waals surface area contributed by atoms with Crippen molar-refractivity contribution < 1.29 is 40.6 Å². The molecule has 36 heavy (non-hydrogen) atoms. The lowest BCUT2D eigenvalue weighted by Crippen LogP contribution is -2.54. The van der Waals surface area contributed by atoms with E-state index in [1.54, 1.807) is 20.8 Å². The topological polar surface area (TPSA) is 88.6 Å². The number of ether oxygens (including phenoxy) is 2. The Morgan fingerprint density at radius 2 is 1.92 bits per heavy atom. The van der Waals surface area contributed by atoms with Gasteiger partial charge in [-0.3, -0.25) is 0 Å². The maximum atomic E-state index is 14.7. The van der Waals surface area contributed by atoms with E-state index in [2.05, 4.69) is 25.3 Å². The van der Waals surface area contributed by atoms with Gasteiger partial charge in [-0.2, -0.15) is 0 Å². The Labute approximate surface area is 203 Å². The van der Waals surface area contributed by atoms with E-state index in [0.717, 1.165) is 29.3 Å². The van der Waals surface area contributed by atoms with E-state index >= 15 is 0 Å². The normalized spacial score (nSPS) is 17.9. The number of rotatable bonds is 6. The molecule has 0 spiro atoms. The Morgan fingerprint density at radius 1 is 1.19 bits per heavy atom. The van der Waals surface area contributed by atoms with Crippen molar-refractivity contribution in [2.24, 2.45) is 0 Å². The van der Waals surface area contributed by atoms with Crippen LogP contribution in [0.15, 0.2) is 30.5 Å². The number of alkyl halides is 5. The number of hydrogen-bond acceptors (Lipinski definition) is 7. The maximum absolute atomic E-state index is 14.7. The Bertz CT molecular complexity index is 1080. The molecule has 198 valence electrons. The molecule has 14 heteroatoms. The number of hydrogen-bond donors (Lipinski definition) is 2. The van der Waals surface area contributed by atoms with Gasteiger partial charge in [-0.1, -0.05) is 0 Å². The fraction of sp³-hybridized carbons (Fsp3) is 0.500. The van der Waals surface area contributed by atoms with E-state index in [1.165, 1.54) is 6.07 Å². The zero-order valence-electron chi connectivity index (χ0n) is 19.6. The summed E-state index contributed by atoms with van der Waals surface area (Å²) >= 11 is 0. The first-order valence-electron chi connectivity index (χ1n) is 10.9. The lowest BCUT2D eigenvalue weighted by molar-refractivity contribution is -0.274. The van der Waals surface area contributed by atoms with Gasteiger partial charge in [0.1, 0.15) is 23.0 Å². The molecule has 2 aromatic heterocycles. The van der Waals surface area contributed by atoms with Crippen LogP contribution in [0.3, 0.4) is 0 Å². The highest BCUT2D eigenvalue weighted by Crippen LogP contribution is 2.35. The standard InChI is InChI=1S/C22H25F6N5O3/c1-20(2,3)36-19(34)30-11-13-6-8-21(24,25)12-33(13)18-15(23)4-5-16(32-18)31-17-10-14(7-9-29-17)35-22(26,27)28/h4-5,7,9-10,13H,6,8,11-12H2,1-3H3,(H,30,34)(H,29,31,32)/t13-/m1/s1. The Balaban J connectivity index is 1.81. The van der Waals surface area contributed by atoms with Crippen LogP contribution in [0.2, 0.25) is 0 Å². The van der Waals surface area contributed by atoms with Crippen LogP contribution >= 0.6 is 0 Å². The van der Waals surface area contributed by atoms with Crippen molar-refractivity contribution in [2.45, 2.75) is 57.5 Å². The van der Waals surface area contributed by atoms with E-state index in [1.807, 2.05) is 0 Å². The fourth-order valence-corrected chi connectivity index (χ4v) is 3.48. The number of amides is 1. The lowest BCUT2D eigenvalue weighted by Gasteiger charge is -2.40. The van der Waals surface area contributed by atoms with Crippen molar-refractivity contribution in [3.05, 3.63) is 36.3 Å². The maximum Gasteiger partial charge on any atom is 0.573 e. The molecule has 2 aromatic rings. The molecule has 0 aliphatic carbocycles. The molecule has 1 amide bonds. The lowest BCUT2D eigenvalue weighted by atomic mass is 9.99. The molecule has 1 saturated heterocycles. The van der Waals surface area contributed by atoms with Crippen LogP contribution in [0.1, 0.15) is 33.6 Å². The van der Waals surface area contributed by atoms with Crippen LogP contribution in [-0.4, -0.2) is 53.1 Å². The van der Waals surface area contributed by atoms with Crippen molar-refractivity contribution >= 4 is 23.5 Å². The molecular formula is C22H25F6N5O3. The highest BCUT2D eigenvalue weighted by molar-refractivity contribution is 5.68. The third-order valence-corrected chi connectivity index (χ3v) is 4.89. The Kier molecular flexibility index (Phi) is 7.74. The molecule has 0 radical (unpaired) electrons. The monoisotopic (exact) mass is 521 g/mol. The molecular weight excluding hydrogens is 496 g/mol. The smallest absolute Gasteiger partial charge is 0.444 e. The molecule has 1 aliphatic heterocycles. The summed E-state index contributed by atoms with van der Waals surface area (Å²) in [6, 6.07) is 3.36. The summed E-state index contributed by atoms with van der Waals surface area (Å²) in [5.74, 6) is -5.16. The number of nitrogens with one attached hydrogen (secondary N) is 2. The summed E-state index contributed by atoms with van der Waals surface area (Å²) in [6.07, 6.45) is -5.16. The van der Waals surface area contributed by atoms with Crippen molar-refractivity contribution in [3.8, 4) is 5.75 Å². The summed E-state index contributed by atoms with van der Waals surface area (Å²) in [5, 5.41) is 5.11. The average Bonchev–Trinajstić information content (AvgIpc) is 2.71. The highest BCUT2D eigenvalue weighted by atomic mass is 19.4. The molecule has 0 aromatic carbocycles. The van der Waals surface area contributed by atoms with Gasteiger partial charge in [0.15, 0.2) is 11.6 Å². The van der Waals surface area contributed by atoms with Gasteiger partial charge in [0.25, 0.3) is 5.92 Å². The van der Waals surface area contributed by atoms with Gasteiger partial charge in [-0.05, 0) is 45.4 Å². The van der Waals surface area contributed by atoms with Crippen LogP contribution in [0, 0.1) is 5.82 Å². The SMILES string of the molecule is CC(C)(C)OC(=O)NC[C@H]1CCC(F)(F)CN1c1nc(Nc2cc(OC(F)(F)F)ccn2)ccc1F. The Morgan fingerprint density at radius 3 is 2.58 bits per heavy atom. The first kappa shape index (κ1) is 27.1. The van der Waals surface area contributed by atoms with Crippen molar-refractivity contribution in [2.75, 3.05) is 23.3 Å². The van der Waals surface area contributed by atoms with Crippen LogP contribution in [0.25, 0.3) is 0 Å². The van der Waals surface area contributed by atoms with Gasteiger partial charge in [0, 0.05) is 31.3 Å². The zero-order valence-corrected chi connectivity index (χ0v) is 19.6. The first-order valence-corrected chi connectivity index (χ1v) is 10.9. The van der Waals surface area contributed by atoms with Crippen LogP contribution in [0.5, 0.6) is 5.75 Å². The van der Waals surface area contributed by atoms with Gasteiger partial charge in [-0.15, -0.1) is 13.2 Å². The van der Waals surface area contributed by atoms with E-state index < -0.39 is 60.4 Å². The zero-order chi connectivity index (χ0) is 26.7. The summed E-state index contributed by atoms with van der Waals surface area (Å²) in [4.78, 5) is 21.0. The second-order valence-corrected chi connectivity index (χ2v) is 9.11. The number of halogens is 6. The van der Waals surface area contributed by atoms with Gasteiger partial charge >= 0.3 is 12.5 Å². The summed E-state index contributed by atoms with van der Waals surface area (Å²) in [6.45, 7) is 4.03. The van der Waals surface area contributed by atoms with Crippen LogP contribution in [-0.2, 0) is 4.74 Å². The number of pyridine rings is 2. The fourth-order valence-electron chi connectivity index (χ4n) is 3.48. The molecule has 1 aliphatic rings. The van der Waals surface area contributed by atoms with E-state index in [4.69, 9.17) is 4.74 Å². The number of carbonyl (C=O) groups is 1. The predicted molar refractivity (Wildman–Crippen MR) is 118 cm³/mol. The average molecular weight is 521 g/mol. The van der Waals surface area contributed by atoms with Crippen molar-refractivity contribution in [3.63, 3.8) is 0 Å². The number of anilines is 3. The molecule has 0 unspecified atom stereocenters. The Hall–Kier alpha value is -3.45. The molecule has 3 heterocycles. The molecule has 3 rings (SSSR count). The van der Waals surface area contributed by atoms with Gasteiger partial charge in [-0.25, -0.2) is 27.9 Å². The highest BCUT2D eigenvalue weighted by Gasteiger charge is 2.41. The third kappa shape index (κ3) is 8.05. The van der Waals surface area contributed by atoms with E-state index in [9.17, 15) is 31.1 Å². The van der Waals surface area contributed by atoms with E-state index in [0.29, 0.717) is 0 Å². The molecule has 2 N–H and O–H groups in total. The summed E-state index contributed by atoms with van der Waals surface area (Å²) in [7, 11) is 0. The van der Waals surface area contributed by atoms with Gasteiger partial charge in [0.2, 0.25) is 0 Å². The summed E-state index contributed by atoms with van der Waals surface area (Å²) < 4.78 is 89.7. The number of nitrogens with zero attached hydrogens (tertiary/aromatic N) is 3. The van der Waals surface area contributed by atoms with Crippen LogP contribution < -0.4 is 20.3 Å². The quantitative estimate of drug-likeness (QED) is 0.493. The van der Waals surface area contributed by atoms with Gasteiger partial charge in [0.05, 0.1) is 6.54 Å². The number of carbonyl (C=O) groups excluding carboxylic acids is 1. The van der Waals surface area contributed by atoms with Crippen molar-refractivity contribution in [1.29, 1.82) is 0 Å². The predicted octanol–water partition coefficient (Wildman–Crippen LogP) is 5.39. The van der Waals surface area contributed by atoms with Crippen molar-refractivity contribution in [1.82, 2.24) is 15.3 Å². The molecule has 1 fully saturated rings. The first-order chi connectivity index (χ1) is 16.6. The molecule has 1 atom stereocenters.